The minimum absolute atomic E-state index is 0.0340. The fourth-order valence-corrected chi connectivity index (χ4v) is 13.8. The molecule has 5 aliphatic rings. The van der Waals surface area contributed by atoms with Crippen molar-refractivity contribution in [3.63, 3.8) is 0 Å². The summed E-state index contributed by atoms with van der Waals surface area (Å²) in [5.74, 6) is -1.75. The van der Waals surface area contributed by atoms with E-state index in [1.165, 1.54) is 30.5 Å². The number of anilines is 3. The quantitative estimate of drug-likeness (QED) is 0.0112. The Bertz CT molecular complexity index is 4230. The highest BCUT2D eigenvalue weighted by atomic mass is 35.5. The molecule has 4 saturated heterocycles. The van der Waals surface area contributed by atoms with Gasteiger partial charge in [-0.1, -0.05) is 41.9 Å². The van der Waals surface area contributed by atoms with E-state index in [0.29, 0.717) is 101 Å². The molecule has 12 rings (SSSR count). The number of aromatic amines is 1. The van der Waals surface area contributed by atoms with Crippen LogP contribution in [-0.2, 0) is 45.2 Å². The molecule has 1 atom stereocenters. The number of rotatable bonds is 30. The number of hydrogen-bond donors (Lipinski definition) is 6. The standard InChI is InChI=1S/C69H75ClN12O15S/c70-48-9-7-46(8-10-48)52-3-2-6-60(96-43-45-40-79(41-45)24-22-72-62(83)20-31-94-33-34-95-32-23-71-57-5-1-4-54-64(57)69(88)81(68(54)87)58-15-16-63(84)76-67(58)86)55(52)42-78-25-27-80(28-26-78)49-11-13-53(61(36-49)97-50-35-47-17-21-73-65(47)75-39-50)66(85)77-98(91,92)51-12-14-56(59(37-51)82(89)90)74-38-44-18-29-93-30-19-44/h1-14,17,21,35-37,39,44-45,58,71,74H,15-16,18-20,22-34,38,40-43H2,(H,72,83)(H,73,75)(H,77,85)(H,76,84,86). The maximum Gasteiger partial charge on any atom is 0.293 e. The smallest absolute Gasteiger partial charge is 0.293 e. The van der Waals surface area contributed by atoms with Crippen molar-refractivity contribution in [2.24, 2.45) is 11.8 Å². The van der Waals surface area contributed by atoms with Gasteiger partial charge in [0.05, 0.1) is 65.7 Å². The molecular weight excluding hydrogens is 1300 g/mol. The third-order valence-electron chi connectivity index (χ3n) is 18.0. The Kier molecular flexibility index (Phi) is 21.9. The van der Waals surface area contributed by atoms with E-state index in [2.05, 4.69) is 56.7 Å². The van der Waals surface area contributed by atoms with Gasteiger partial charge >= 0.3 is 0 Å². The average molecular weight is 1380 g/mol. The summed E-state index contributed by atoms with van der Waals surface area (Å²) in [7, 11) is -4.63. The van der Waals surface area contributed by atoms with Crippen LogP contribution in [-0.4, -0.2) is 191 Å². The van der Waals surface area contributed by atoms with Gasteiger partial charge in [0.15, 0.2) is 0 Å². The summed E-state index contributed by atoms with van der Waals surface area (Å²) in [5, 5.41) is 25.0. The van der Waals surface area contributed by atoms with E-state index < -0.39 is 61.1 Å². The van der Waals surface area contributed by atoms with Gasteiger partial charge < -0.3 is 54.4 Å². The van der Waals surface area contributed by atoms with Gasteiger partial charge in [-0.25, -0.2) is 18.1 Å². The summed E-state index contributed by atoms with van der Waals surface area (Å²) in [4.78, 5) is 104. The molecule has 5 aromatic carbocycles. The second kappa shape index (κ2) is 31.3. The number of amides is 6. The Balaban J connectivity index is 0.596. The molecule has 0 radical (unpaired) electrons. The van der Waals surface area contributed by atoms with Crippen LogP contribution in [0.3, 0.4) is 0 Å². The maximum absolute atomic E-state index is 14.2. The molecule has 514 valence electrons. The molecule has 6 N–H and O–H groups in total. The number of imide groups is 2. The van der Waals surface area contributed by atoms with Crippen molar-refractivity contribution >= 4 is 90.9 Å². The lowest BCUT2D eigenvalue weighted by Crippen LogP contribution is -2.54. The number of nitro benzene ring substituents is 1. The van der Waals surface area contributed by atoms with Crippen molar-refractivity contribution in [1.82, 2.24) is 40.0 Å². The number of likely N-dealkylation sites (tertiary alicyclic amines) is 1. The Morgan fingerprint density at radius 3 is 2.34 bits per heavy atom. The molecule has 2 aromatic heterocycles. The Hall–Kier alpha value is -9.55. The number of nitro groups is 1. The lowest BCUT2D eigenvalue weighted by molar-refractivity contribution is -0.384. The summed E-state index contributed by atoms with van der Waals surface area (Å²) in [5.41, 5.74) is 4.81. The average Bonchev–Trinajstić information content (AvgIpc) is 1.63. The van der Waals surface area contributed by atoms with Gasteiger partial charge in [-0.05, 0) is 103 Å². The Morgan fingerprint density at radius 2 is 1.55 bits per heavy atom. The zero-order valence-electron chi connectivity index (χ0n) is 53.6. The number of sulfonamides is 1. The number of hydrogen-bond acceptors (Lipinski definition) is 21. The van der Waals surface area contributed by atoms with E-state index in [4.69, 9.17) is 35.3 Å². The molecule has 27 nitrogen and oxygen atoms in total. The number of fused-ring (bicyclic) bond motifs is 2. The Labute approximate surface area is 570 Å². The topological polar surface area (TPSA) is 328 Å². The minimum atomic E-state index is -4.63. The van der Waals surface area contributed by atoms with Crippen molar-refractivity contribution < 1.29 is 65.8 Å². The van der Waals surface area contributed by atoms with Gasteiger partial charge in [0, 0.05) is 150 Å². The predicted molar refractivity (Wildman–Crippen MR) is 363 cm³/mol. The number of nitrogens with zero attached hydrogens (tertiary/aromatic N) is 6. The molecule has 6 amide bonds. The van der Waals surface area contributed by atoms with Crippen LogP contribution in [0.5, 0.6) is 17.2 Å². The molecule has 1 unspecified atom stereocenters. The van der Waals surface area contributed by atoms with Gasteiger partial charge in [-0.2, -0.15) is 0 Å². The number of piperazine rings is 1. The first-order valence-corrected chi connectivity index (χ1v) is 34.5. The van der Waals surface area contributed by atoms with Crippen molar-refractivity contribution in [3.8, 4) is 28.4 Å². The molecule has 7 aromatic rings. The van der Waals surface area contributed by atoms with Crippen LogP contribution in [0.25, 0.3) is 22.2 Å². The number of carbonyl (C=O) groups excluding carboxylic acids is 6. The fourth-order valence-electron chi connectivity index (χ4n) is 12.7. The van der Waals surface area contributed by atoms with Crippen LogP contribution < -0.4 is 40.4 Å². The fraction of sp³-hybridized carbons (Fsp3) is 0.377. The van der Waals surface area contributed by atoms with E-state index in [1.807, 2.05) is 42.5 Å². The number of carbonyl (C=O) groups is 6. The number of halogens is 1. The second-order valence-electron chi connectivity index (χ2n) is 24.6. The van der Waals surface area contributed by atoms with Gasteiger partial charge in [-0.3, -0.25) is 54.0 Å². The van der Waals surface area contributed by atoms with E-state index in [9.17, 15) is 47.3 Å². The predicted octanol–water partition coefficient (Wildman–Crippen LogP) is 7.23. The minimum Gasteiger partial charge on any atom is -0.493 e. The first-order chi connectivity index (χ1) is 47.5. The van der Waals surface area contributed by atoms with Gasteiger partial charge in [-0.15, -0.1) is 0 Å². The summed E-state index contributed by atoms with van der Waals surface area (Å²) in [6.45, 7) is 9.36. The Morgan fingerprint density at radius 1 is 0.776 bits per heavy atom. The van der Waals surface area contributed by atoms with Crippen molar-refractivity contribution in [2.45, 2.75) is 49.6 Å². The summed E-state index contributed by atoms with van der Waals surface area (Å²) >= 11 is 6.36. The number of nitrogens with one attached hydrogen (secondary N) is 6. The summed E-state index contributed by atoms with van der Waals surface area (Å²) < 4.78 is 59.7. The summed E-state index contributed by atoms with van der Waals surface area (Å²) in [6, 6.07) is 29.6. The van der Waals surface area contributed by atoms with Crippen molar-refractivity contribution in [2.75, 3.05) is 127 Å². The zero-order valence-corrected chi connectivity index (χ0v) is 55.2. The monoisotopic (exact) mass is 1380 g/mol. The number of benzene rings is 5. The van der Waals surface area contributed by atoms with Crippen LogP contribution in [0.1, 0.15) is 68.7 Å². The molecule has 0 bridgehead atoms. The zero-order chi connectivity index (χ0) is 68.3. The van der Waals surface area contributed by atoms with Crippen molar-refractivity contribution in [1.29, 1.82) is 0 Å². The van der Waals surface area contributed by atoms with E-state index in [-0.39, 0.29) is 91.6 Å². The molecule has 29 heteroatoms. The highest BCUT2D eigenvalue weighted by Gasteiger charge is 2.46. The van der Waals surface area contributed by atoms with E-state index >= 15 is 0 Å². The maximum atomic E-state index is 14.2. The molecule has 0 saturated carbocycles. The highest BCUT2D eigenvalue weighted by molar-refractivity contribution is 7.90. The third-order valence-corrected chi connectivity index (χ3v) is 19.6. The summed E-state index contributed by atoms with van der Waals surface area (Å²) in [6.07, 6.45) is 5.12. The lowest BCUT2D eigenvalue weighted by atomic mass is 9.97. The van der Waals surface area contributed by atoms with Gasteiger partial charge in [0.1, 0.15) is 34.6 Å². The molecule has 0 aliphatic carbocycles. The SMILES string of the molecule is O=C(CCOCCOCCNc1cccc2c1C(=O)N(C1CCC(=O)NC1=O)C2=O)NCCN1CC(COc2cccc(-c3ccc(Cl)cc3)c2CN2CCN(c3ccc(C(=O)NS(=O)(=O)c4ccc(NCC5CCOCC5)c([N+](=O)[O-])c4)c(Oc4cnc5[nH]ccc5c4)c3)CC2)C1. The number of ether oxygens (including phenoxy) is 5. The van der Waals surface area contributed by atoms with Crippen molar-refractivity contribution in [3.05, 3.63) is 159 Å². The number of H-pyrrole nitrogens is 1. The van der Waals surface area contributed by atoms with Crippen LogP contribution in [0.15, 0.2) is 126 Å². The van der Waals surface area contributed by atoms with E-state index in [1.54, 1.807) is 36.5 Å². The van der Waals surface area contributed by atoms with Crippen LogP contribution in [0.2, 0.25) is 5.02 Å². The molecular formula is C69H75ClN12O15S. The first-order valence-electron chi connectivity index (χ1n) is 32.6. The van der Waals surface area contributed by atoms with Crippen LogP contribution in [0, 0.1) is 22.0 Å². The largest absolute Gasteiger partial charge is 0.493 e. The van der Waals surface area contributed by atoms with E-state index in [0.717, 1.165) is 70.4 Å². The normalized spacial score (nSPS) is 17.1. The number of aromatic nitrogens is 2. The molecule has 0 spiro atoms. The second-order valence-corrected chi connectivity index (χ2v) is 26.7. The lowest BCUT2D eigenvalue weighted by Gasteiger charge is -2.39. The highest BCUT2D eigenvalue weighted by Crippen LogP contribution is 2.38. The number of piperidine rings is 1. The van der Waals surface area contributed by atoms with Crippen LogP contribution >= 0.6 is 11.6 Å². The number of pyridine rings is 1. The molecule has 98 heavy (non-hydrogen) atoms. The van der Waals surface area contributed by atoms with Gasteiger partial charge in [0.25, 0.3) is 33.4 Å². The van der Waals surface area contributed by atoms with Crippen LogP contribution in [0.4, 0.5) is 22.7 Å². The van der Waals surface area contributed by atoms with Gasteiger partial charge in [0.2, 0.25) is 17.7 Å². The molecule has 5 aliphatic heterocycles. The first kappa shape index (κ1) is 68.4. The third kappa shape index (κ3) is 16.5. The molecule has 7 heterocycles. The molecule has 4 fully saturated rings.